The topological polar surface area (TPSA) is 75.6 Å². The van der Waals surface area contributed by atoms with Crippen molar-refractivity contribution in [3.63, 3.8) is 0 Å². The van der Waals surface area contributed by atoms with Crippen LogP contribution < -0.4 is 10.4 Å². The summed E-state index contributed by atoms with van der Waals surface area (Å²) < 4.78 is 18.5. The van der Waals surface area contributed by atoms with Crippen molar-refractivity contribution in [3.8, 4) is 10.4 Å². The number of anilines is 1. The highest BCUT2D eigenvalue weighted by atomic mass is 35.5. The number of carbonyl (C=O) groups is 1. The smallest absolute Gasteiger partial charge is 0.348 e. The van der Waals surface area contributed by atoms with E-state index in [0.717, 1.165) is 27.3 Å². The lowest BCUT2D eigenvalue weighted by Gasteiger charge is -2.18. The van der Waals surface area contributed by atoms with Crippen molar-refractivity contribution in [2.75, 3.05) is 12.2 Å². The molecule has 0 spiro atoms. The first-order valence-electron chi connectivity index (χ1n) is 7.97. The number of carboxylic acid groups (broad SMARTS) is 1. The summed E-state index contributed by atoms with van der Waals surface area (Å²) in [5, 5.41) is 13.3. The van der Waals surface area contributed by atoms with E-state index in [1.807, 2.05) is 31.2 Å². The number of carboxylic acids is 1. The van der Waals surface area contributed by atoms with E-state index < -0.39 is 13.5 Å². The molecular weight excluding hydrogens is 405 g/mol. The van der Waals surface area contributed by atoms with Gasteiger partial charge in [0.2, 0.25) is 0 Å². The van der Waals surface area contributed by atoms with Gasteiger partial charge in [0.05, 0.1) is 11.0 Å². The molecule has 3 rings (SSSR count). The molecule has 0 aliphatic heterocycles. The molecule has 0 aliphatic carbocycles. The third kappa shape index (κ3) is 4.25. The Labute approximate surface area is 166 Å². The summed E-state index contributed by atoms with van der Waals surface area (Å²) in [7, 11) is -2.20. The SMILES string of the molecule is COP(=O)(Nc1cc(-c2ccc(C)cc2)sc1C(=O)O)c1ccc(Cl)cc1. The van der Waals surface area contributed by atoms with E-state index in [1.54, 1.807) is 30.3 Å². The third-order valence-corrected chi connectivity index (χ3v) is 7.41. The lowest BCUT2D eigenvalue weighted by atomic mass is 10.1. The number of aromatic carboxylic acids is 1. The molecule has 2 aromatic carbocycles. The molecule has 0 saturated carbocycles. The van der Waals surface area contributed by atoms with Gasteiger partial charge in [0.15, 0.2) is 0 Å². The van der Waals surface area contributed by atoms with Crippen LogP contribution in [0.2, 0.25) is 5.02 Å². The highest BCUT2D eigenvalue weighted by Gasteiger charge is 2.28. The van der Waals surface area contributed by atoms with E-state index in [2.05, 4.69) is 5.09 Å². The Morgan fingerprint density at radius 2 is 1.78 bits per heavy atom. The third-order valence-electron chi connectivity index (χ3n) is 3.95. The predicted molar refractivity (Wildman–Crippen MR) is 111 cm³/mol. The molecule has 27 heavy (non-hydrogen) atoms. The predicted octanol–water partition coefficient (Wildman–Crippen LogP) is 5.65. The van der Waals surface area contributed by atoms with Gasteiger partial charge in [-0.15, -0.1) is 11.3 Å². The van der Waals surface area contributed by atoms with Crippen molar-refractivity contribution in [2.45, 2.75) is 6.92 Å². The molecule has 8 heteroatoms. The molecule has 0 amide bonds. The zero-order chi connectivity index (χ0) is 19.6. The average molecular weight is 422 g/mol. The van der Waals surface area contributed by atoms with Crippen LogP contribution in [0, 0.1) is 6.92 Å². The Balaban J connectivity index is 2.02. The fraction of sp³-hybridized carbons (Fsp3) is 0.105. The van der Waals surface area contributed by atoms with Gasteiger partial charge in [-0.1, -0.05) is 41.4 Å². The second-order valence-electron chi connectivity index (χ2n) is 5.85. The first-order valence-corrected chi connectivity index (χ1v) is 10.8. The zero-order valence-electron chi connectivity index (χ0n) is 14.6. The maximum Gasteiger partial charge on any atom is 0.348 e. The van der Waals surface area contributed by atoms with Crippen LogP contribution >= 0.6 is 30.5 Å². The molecule has 140 valence electrons. The molecule has 0 fully saturated rings. The largest absolute Gasteiger partial charge is 0.477 e. The minimum absolute atomic E-state index is 0.0665. The minimum Gasteiger partial charge on any atom is -0.477 e. The lowest BCUT2D eigenvalue weighted by Crippen LogP contribution is -2.13. The van der Waals surface area contributed by atoms with Gasteiger partial charge in [-0.2, -0.15) is 0 Å². The van der Waals surface area contributed by atoms with Gasteiger partial charge in [-0.3, -0.25) is 4.57 Å². The maximum atomic E-state index is 13.3. The first-order chi connectivity index (χ1) is 12.8. The van der Waals surface area contributed by atoms with E-state index >= 15 is 0 Å². The Kier molecular flexibility index (Phi) is 5.72. The van der Waals surface area contributed by atoms with Crippen LogP contribution in [-0.2, 0) is 9.09 Å². The summed E-state index contributed by atoms with van der Waals surface area (Å²) >= 11 is 7.00. The highest BCUT2D eigenvalue weighted by molar-refractivity contribution is 7.68. The van der Waals surface area contributed by atoms with Crippen molar-refractivity contribution < 1.29 is 19.0 Å². The van der Waals surface area contributed by atoms with Crippen molar-refractivity contribution in [2.24, 2.45) is 0 Å². The Hall–Kier alpha value is -2.11. The number of benzene rings is 2. The maximum absolute atomic E-state index is 13.3. The number of nitrogens with one attached hydrogen (secondary N) is 1. The number of aryl methyl sites for hydroxylation is 1. The second-order valence-corrected chi connectivity index (χ2v) is 9.54. The number of hydrogen-bond donors (Lipinski definition) is 2. The summed E-state index contributed by atoms with van der Waals surface area (Å²) in [5.74, 6) is -1.10. The number of rotatable bonds is 6. The first kappa shape index (κ1) is 19.6. The lowest BCUT2D eigenvalue weighted by molar-refractivity contribution is 0.0703. The quantitative estimate of drug-likeness (QED) is 0.503. The Morgan fingerprint density at radius 1 is 1.15 bits per heavy atom. The molecule has 1 atom stereocenters. The normalized spacial score (nSPS) is 13.1. The van der Waals surface area contributed by atoms with E-state index in [0.29, 0.717) is 10.3 Å². The highest BCUT2D eigenvalue weighted by Crippen LogP contribution is 2.48. The van der Waals surface area contributed by atoms with E-state index in [4.69, 9.17) is 16.1 Å². The molecule has 1 unspecified atom stereocenters. The van der Waals surface area contributed by atoms with Gasteiger partial charge in [-0.25, -0.2) is 4.79 Å². The Bertz CT molecular complexity index is 1020. The molecule has 0 bridgehead atoms. The van der Waals surface area contributed by atoms with Crippen molar-refractivity contribution in [1.29, 1.82) is 0 Å². The molecule has 0 saturated heterocycles. The van der Waals surface area contributed by atoms with Gasteiger partial charge in [0, 0.05) is 17.0 Å². The number of thiophene rings is 1. The molecule has 5 nitrogen and oxygen atoms in total. The summed E-state index contributed by atoms with van der Waals surface area (Å²) in [4.78, 5) is 12.5. The van der Waals surface area contributed by atoms with Crippen LogP contribution in [0.3, 0.4) is 0 Å². The minimum atomic E-state index is -3.51. The van der Waals surface area contributed by atoms with Gasteiger partial charge in [-0.05, 0) is 42.8 Å². The van der Waals surface area contributed by atoms with E-state index in [9.17, 15) is 14.5 Å². The van der Waals surface area contributed by atoms with Crippen molar-refractivity contribution in [1.82, 2.24) is 0 Å². The van der Waals surface area contributed by atoms with E-state index in [1.165, 1.54) is 7.11 Å². The van der Waals surface area contributed by atoms with Gasteiger partial charge < -0.3 is 14.7 Å². The van der Waals surface area contributed by atoms with Gasteiger partial charge >= 0.3 is 13.5 Å². The van der Waals surface area contributed by atoms with Crippen LogP contribution in [-0.4, -0.2) is 18.2 Å². The number of halogens is 1. The van der Waals surface area contributed by atoms with Crippen LogP contribution in [0.5, 0.6) is 0 Å². The number of hydrogen-bond acceptors (Lipinski definition) is 4. The molecule has 3 aromatic rings. The van der Waals surface area contributed by atoms with Gasteiger partial charge in [0.25, 0.3) is 0 Å². The fourth-order valence-corrected chi connectivity index (χ4v) is 5.13. The molecule has 0 aliphatic rings. The standard InChI is InChI=1S/C19H17ClNO4PS/c1-12-3-5-13(6-4-12)17-11-16(18(27-17)19(22)23)21-26(24,25-2)15-9-7-14(20)8-10-15/h3-11H,1-2H3,(H,21,24)(H,22,23). The van der Waals surface area contributed by atoms with Crippen molar-refractivity contribution in [3.05, 3.63) is 70.1 Å². The molecule has 0 radical (unpaired) electrons. The second kappa shape index (κ2) is 7.87. The van der Waals surface area contributed by atoms with Crippen LogP contribution in [0.15, 0.2) is 54.6 Å². The monoisotopic (exact) mass is 421 g/mol. The average Bonchev–Trinajstić information content (AvgIpc) is 3.06. The summed E-state index contributed by atoms with van der Waals surface area (Å²) in [5.41, 5.74) is 2.25. The molecule has 1 aromatic heterocycles. The summed E-state index contributed by atoms with van der Waals surface area (Å²) in [6, 6.07) is 15.8. The van der Waals surface area contributed by atoms with E-state index in [-0.39, 0.29) is 10.6 Å². The van der Waals surface area contributed by atoms with Gasteiger partial charge in [0.1, 0.15) is 4.88 Å². The van der Waals surface area contributed by atoms with Crippen LogP contribution in [0.1, 0.15) is 15.2 Å². The molecule has 1 heterocycles. The van der Waals surface area contributed by atoms with Crippen LogP contribution in [0.25, 0.3) is 10.4 Å². The zero-order valence-corrected chi connectivity index (χ0v) is 17.1. The summed E-state index contributed by atoms with van der Waals surface area (Å²) in [6.45, 7) is 1.98. The molecular formula is C19H17ClNO4PS. The van der Waals surface area contributed by atoms with Crippen LogP contribution in [0.4, 0.5) is 5.69 Å². The molecule has 2 N–H and O–H groups in total. The van der Waals surface area contributed by atoms with Crippen molar-refractivity contribution >= 4 is 47.4 Å². The summed E-state index contributed by atoms with van der Waals surface area (Å²) in [6.07, 6.45) is 0. The fourth-order valence-electron chi connectivity index (χ4n) is 2.50. The Morgan fingerprint density at radius 3 is 2.33 bits per heavy atom.